The normalized spacial score (nSPS) is 17.7. The fraction of sp³-hybridized carbons (Fsp3) is 0.333. The number of benzene rings is 1. The third-order valence-corrected chi connectivity index (χ3v) is 7.09. The highest BCUT2D eigenvalue weighted by atomic mass is 35.5. The number of hydrogen-bond donors (Lipinski definition) is 2. The van der Waals surface area contributed by atoms with Crippen molar-refractivity contribution in [2.45, 2.75) is 38.6 Å². The van der Waals surface area contributed by atoms with Gasteiger partial charge in [-0.25, -0.2) is 4.68 Å². The van der Waals surface area contributed by atoms with E-state index in [0.29, 0.717) is 28.5 Å². The summed E-state index contributed by atoms with van der Waals surface area (Å²) in [5.41, 5.74) is 4.43. The number of pyridine rings is 1. The quantitative estimate of drug-likeness (QED) is 0.354. The van der Waals surface area contributed by atoms with Crippen LogP contribution in [0.15, 0.2) is 55.1 Å². The number of Topliss-reactive ketones (excluding diaryl/α,β-unsaturated/α-hetero) is 1. The second-order valence-electron chi connectivity index (χ2n) is 9.51. The van der Waals surface area contributed by atoms with Crippen LogP contribution in [0.4, 0.5) is 5.69 Å². The Labute approximate surface area is 225 Å². The highest BCUT2D eigenvalue weighted by Gasteiger charge is 2.22. The summed E-state index contributed by atoms with van der Waals surface area (Å²) in [4.78, 5) is 30.7. The van der Waals surface area contributed by atoms with Gasteiger partial charge in [0, 0.05) is 54.3 Å². The highest BCUT2D eigenvalue weighted by Crippen LogP contribution is 2.31. The van der Waals surface area contributed by atoms with Crippen LogP contribution in [0.3, 0.4) is 0 Å². The van der Waals surface area contributed by atoms with E-state index in [1.807, 2.05) is 26.1 Å². The predicted octanol–water partition coefficient (Wildman–Crippen LogP) is 4.38. The minimum absolute atomic E-state index is 0.0195. The molecule has 11 heteroatoms. The molecule has 2 N–H and O–H groups in total. The maximum absolute atomic E-state index is 13.2. The van der Waals surface area contributed by atoms with E-state index in [1.165, 1.54) is 0 Å². The van der Waals surface area contributed by atoms with Crippen molar-refractivity contribution in [1.82, 2.24) is 35.1 Å². The number of nitrogens with one attached hydrogen (secondary N) is 2. The van der Waals surface area contributed by atoms with Crippen molar-refractivity contribution in [3.63, 3.8) is 0 Å². The van der Waals surface area contributed by atoms with Gasteiger partial charge in [-0.05, 0) is 43.2 Å². The first-order valence-corrected chi connectivity index (χ1v) is 13.0. The number of halogens is 1. The number of carbonyl (C=O) groups excluding carboxylic acids is 2. The molecule has 5 rings (SSSR count). The maximum Gasteiger partial charge on any atom is 0.227 e. The predicted molar refractivity (Wildman–Crippen MR) is 144 cm³/mol. The average molecular weight is 533 g/mol. The van der Waals surface area contributed by atoms with Crippen LogP contribution in [0.2, 0.25) is 5.02 Å². The summed E-state index contributed by atoms with van der Waals surface area (Å²) in [6.07, 6.45) is 9.32. The Hall–Kier alpha value is -3.89. The van der Waals surface area contributed by atoms with Gasteiger partial charge in [-0.1, -0.05) is 30.2 Å². The third kappa shape index (κ3) is 5.51. The van der Waals surface area contributed by atoms with Crippen molar-refractivity contribution in [2.24, 2.45) is 13.0 Å². The summed E-state index contributed by atoms with van der Waals surface area (Å²) < 4.78 is 3.31. The molecule has 1 amide bonds. The summed E-state index contributed by atoms with van der Waals surface area (Å²) in [7, 11) is 1.85. The van der Waals surface area contributed by atoms with Gasteiger partial charge in [0.05, 0.1) is 41.4 Å². The van der Waals surface area contributed by atoms with Crippen molar-refractivity contribution < 1.29 is 9.59 Å². The Balaban J connectivity index is 1.36. The first kappa shape index (κ1) is 25.7. The molecule has 2 bridgehead atoms. The summed E-state index contributed by atoms with van der Waals surface area (Å²) in [6, 6.07) is 9.02. The van der Waals surface area contributed by atoms with E-state index in [4.69, 9.17) is 11.6 Å². The second kappa shape index (κ2) is 11.2. The van der Waals surface area contributed by atoms with Gasteiger partial charge in [-0.15, -0.1) is 5.10 Å². The van der Waals surface area contributed by atoms with Crippen molar-refractivity contribution >= 4 is 29.0 Å². The molecule has 0 unspecified atom stereocenters. The number of ketones is 1. The molecule has 0 aliphatic carbocycles. The van der Waals surface area contributed by atoms with E-state index < -0.39 is 0 Å². The lowest BCUT2D eigenvalue weighted by atomic mass is 9.97. The largest absolute Gasteiger partial charge is 0.323 e. The lowest BCUT2D eigenvalue weighted by Crippen LogP contribution is -2.26. The van der Waals surface area contributed by atoms with Crippen molar-refractivity contribution in [1.29, 1.82) is 0 Å². The van der Waals surface area contributed by atoms with Crippen LogP contribution in [-0.4, -0.2) is 48.0 Å². The monoisotopic (exact) mass is 532 g/mol. The molecule has 4 heterocycles. The molecule has 1 aliphatic heterocycles. The zero-order chi connectivity index (χ0) is 26.6. The zero-order valence-electron chi connectivity index (χ0n) is 21.3. The third-order valence-electron chi connectivity index (χ3n) is 6.86. The Morgan fingerprint density at radius 3 is 2.89 bits per heavy atom. The minimum atomic E-state index is -0.144. The number of amides is 1. The SMILES string of the molecule is C[C@@H]1CCC[C@H](NCCC(=O)c2cc(Cl)ccc2-n2ccnn2)c2cc(ccn2)-c2c(cnn2C)NC1=O. The molecule has 196 valence electrons. The molecule has 0 saturated carbocycles. The van der Waals surface area contributed by atoms with E-state index >= 15 is 0 Å². The van der Waals surface area contributed by atoms with E-state index in [-0.39, 0.29) is 30.1 Å². The van der Waals surface area contributed by atoms with Crippen LogP contribution in [-0.2, 0) is 11.8 Å². The summed E-state index contributed by atoms with van der Waals surface area (Å²) in [5.74, 6) is -0.215. The van der Waals surface area contributed by atoms with Gasteiger partial charge in [-0.3, -0.25) is 19.3 Å². The fourth-order valence-corrected chi connectivity index (χ4v) is 4.96. The van der Waals surface area contributed by atoms with Gasteiger partial charge in [0.25, 0.3) is 0 Å². The van der Waals surface area contributed by atoms with E-state index in [1.54, 1.807) is 52.4 Å². The van der Waals surface area contributed by atoms with Crippen LogP contribution >= 0.6 is 11.6 Å². The number of aromatic nitrogens is 6. The van der Waals surface area contributed by atoms with Crippen molar-refractivity contribution in [3.05, 3.63) is 71.4 Å². The van der Waals surface area contributed by atoms with Gasteiger partial charge >= 0.3 is 0 Å². The molecule has 2 atom stereocenters. The van der Waals surface area contributed by atoms with Crippen molar-refractivity contribution in [3.8, 4) is 16.9 Å². The minimum Gasteiger partial charge on any atom is -0.323 e. The molecule has 0 fully saturated rings. The zero-order valence-corrected chi connectivity index (χ0v) is 22.0. The van der Waals surface area contributed by atoms with Gasteiger partial charge in [0.1, 0.15) is 0 Å². The van der Waals surface area contributed by atoms with Gasteiger partial charge in [0.2, 0.25) is 5.91 Å². The molecule has 1 aromatic carbocycles. The number of aryl methyl sites for hydroxylation is 1. The summed E-state index contributed by atoms with van der Waals surface area (Å²) in [5, 5.41) is 19.3. The number of nitrogens with zero attached hydrogens (tertiary/aromatic N) is 6. The molecular weight excluding hydrogens is 504 g/mol. The smallest absolute Gasteiger partial charge is 0.227 e. The number of anilines is 1. The number of hydrogen-bond acceptors (Lipinski definition) is 7. The van der Waals surface area contributed by atoms with Crippen molar-refractivity contribution in [2.75, 3.05) is 11.9 Å². The topological polar surface area (TPSA) is 120 Å². The molecule has 3 aromatic heterocycles. The van der Waals surface area contributed by atoms with Gasteiger partial charge in [0.15, 0.2) is 5.78 Å². The Bertz CT molecular complexity index is 1450. The molecule has 4 aromatic rings. The molecule has 1 aliphatic rings. The first-order chi connectivity index (χ1) is 18.4. The standard InChI is InChI=1S/C27H29ClN8O2/c1-17-4-3-5-21(22-14-18(8-10-30-22)26-23(33-27(17)38)16-32-35(26)2)29-11-9-25(37)20-15-19(28)6-7-24(20)36-13-12-31-34-36/h6-8,10,12-17,21,29H,3-5,9,11H2,1-2H3,(H,33,38)/t17-,21+/m1/s1. The number of carbonyl (C=O) groups is 2. The molecule has 0 spiro atoms. The Morgan fingerprint density at radius 1 is 1.21 bits per heavy atom. The van der Waals surface area contributed by atoms with E-state index in [9.17, 15) is 9.59 Å². The molecule has 0 saturated heterocycles. The highest BCUT2D eigenvalue weighted by molar-refractivity contribution is 6.31. The fourth-order valence-electron chi connectivity index (χ4n) is 4.79. The van der Waals surface area contributed by atoms with Crippen LogP contribution in [0.1, 0.15) is 54.7 Å². The molecular formula is C27H29ClN8O2. The molecule has 38 heavy (non-hydrogen) atoms. The van der Waals surface area contributed by atoms with Crippen LogP contribution in [0, 0.1) is 5.92 Å². The number of rotatable bonds is 6. The average Bonchev–Trinajstić information content (AvgIpc) is 3.57. The first-order valence-electron chi connectivity index (χ1n) is 12.6. The summed E-state index contributed by atoms with van der Waals surface area (Å²) in [6.45, 7) is 2.39. The second-order valence-corrected chi connectivity index (χ2v) is 9.95. The van der Waals surface area contributed by atoms with E-state index in [2.05, 4.69) is 31.0 Å². The Kier molecular flexibility index (Phi) is 7.62. The lowest BCUT2D eigenvalue weighted by Gasteiger charge is -2.21. The molecule has 0 radical (unpaired) electrons. The number of fused-ring (bicyclic) bond motifs is 4. The lowest BCUT2D eigenvalue weighted by molar-refractivity contribution is -0.119. The van der Waals surface area contributed by atoms with Crippen LogP contribution < -0.4 is 10.6 Å². The Morgan fingerprint density at radius 2 is 2.08 bits per heavy atom. The van der Waals surface area contributed by atoms with Gasteiger partial charge in [-0.2, -0.15) is 5.10 Å². The molecule has 10 nitrogen and oxygen atoms in total. The van der Waals surface area contributed by atoms with E-state index in [0.717, 1.165) is 36.2 Å². The van der Waals surface area contributed by atoms with Crippen LogP contribution in [0.5, 0.6) is 0 Å². The maximum atomic E-state index is 13.2. The summed E-state index contributed by atoms with van der Waals surface area (Å²) >= 11 is 6.21. The van der Waals surface area contributed by atoms with Crippen LogP contribution in [0.25, 0.3) is 16.9 Å². The van der Waals surface area contributed by atoms with Gasteiger partial charge < -0.3 is 10.6 Å².